The number of carbonyl (C=O) groups is 1. The van der Waals surface area contributed by atoms with Gasteiger partial charge >= 0.3 is 0 Å². The van der Waals surface area contributed by atoms with Crippen LogP contribution < -0.4 is 4.74 Å². The minimum atomic E-state index is -0.220. The second-order valence-electron chi connectivity index (χ2n) is 3.60. The van der Waals surface area contributed by atoms with Gasteiger partial charge in [-0.25, -0.2) is 4.98 Å². The molecular weight excluding hydrogens is 222 g/mol. The molecule has 0 radical (unpaired) electrons. The lowest BCUT2D eigenvalue weighted by Crippen LogP contribution is -2.19. The van der Waals surface area contributed by atoms with Gasteiger partial charge in [0.05, 0.1) is 12.0 Å². The van der Waals surface area contributed by atoms with Crippen LogP contribution in [0.25, 0.3) is 0 Å². The number of Topliss-reactive ketones (excluding diaryl/α,β-unsaturated/α-hetero) is 1. The molecule has 0 saturated carbocycles. The third-order valence-electron chi connectivity index (χ3n) is 2.55. The quantitative estimate of drug-likeness (QED) is 0.757. The zero-order chi connectivity index (χ0) is 11.0. The van der Waals surface area contributed by atoms with Crippen molar-refractivity contribution in [2.45, 2.75) is 12.5 Å². The summed E-state index contributed by atoms with van der Waals surface area (Å²) in [5, 5.41) is 2.76. The molecule has 3 rings (SSSR count). The van der Waals surface area contributed by atoms with Crippen molar-refractivity contribution < 1.29 is 9.53 Å². The Bertz CT molecular complexity index is 522. The molecule has 0 bridgehead atoms. The van der Waals surface area contributed by atoms with E-state index in [0.717, 1.165) is 5.01 Å². The number of para-hydroxylation sites is 1. The van der Waals surface area contributed by atoms with Crippen molar-refractivity contribution in [3.63, 3.8) is 0 Å². The highest BCUT2D eigenvalue weighted by atomic mass is 32.1. The van der Waals surface area contributed by atoms with Crippen LogP contribution in [0.1, 0.15) is 27.9 Å². The number of hydrogen-bond donors (Lipinski definition) is 0. The normalized spacial score (nSPS) is 19.0. The molecule has 1 aromatic heterocycles. The Balaban J connectivity index is 1.98. The minimum absolute atomic E-state index is 0.127. The molecule has 1 atom stereocenters. The first kappa shape index (κ1) is 9.54. The summed E-state index contributed by atoms with van der Waals surface area (Å²) in [7, 11) is 0. The molecule has 0 saturated heterocycles. The number of thiazole rings is 1. The second kappa shape index (κ2) is 3.72. The Morgan fingerprint density at radius 1 is 1.38 bits per heavy atom. The third kappa shape index (κ3) is 1.51. The van der Waals surface area contributed by atoms with E-state index in [1.807, 2.05) is 23.6 Å². The molecule has 0 fully saturated rings. The molecule has 0 N–H and O–H groups in total. The molecule has 2 aromatic rings. The molecular formula is C12H9NO2S. The third-order valence-corrected chi connectivity index (χ3v) is 3.42. The van der Waals surface area contributed by atoms with Crippen molar-refractivity contribution in [2.24, 2.45) is 0 Å². The molecule has 0 aliphatic carbocycles. The van der Waals surface area contributed by atoms with Gasteiger partial charge in [0, 0.05) is 11.6 Å². The Hall–Kier alpha value is -1.68. The average molecular weight is 231 g/mol. The van der Waals surface area contributed by atoms with E-state index in [2.05, 4.69) is 4.98 Å². The number of ether oxygens (including phenoxy) is 1. The summed E-state index contributed by atoms with van der Waals surface area (Å²) in [6, 6.07) is 7.35. The summed E-state index contributed by atoms with van der Waals surface area (Å²) < 4.78 is 5.77. The SMILES string of the molecule is O=C1CC(c2nccs2)Oc2ccccc21. The Morgan fingerprint density at radius 2 is 2.25 bits per heavy atom. The van der Waals surface area contributed by atoms with Gasteiger partial charge in [0.1, 0.15) is 10.8 Å². The van der Waals surface area contributed by atoms with Gasteiger partial charge in [-0.1, -0.05) is 12.1 Å². The van der Waals surface area contributed by atoms with E-state index in [9.17, 15) is 4.79 Å². The van der Waals surface area contributed by atoms with Crippen LogP contribution in [-0.4, -0.2) is 10.8 Å². The van der Waals surface area contributed by atoms with Crippen LogP contribution in [-0.2, 0) is 0 Å². The highest BCUT2D eigenvalue weighted by Crippen LogP contribution is 2.34. The van der Waals surface area contributed by atoms with Crippen LogP contribution in [0.15, 0.2) is 35.8 Å². The van der Waals surface area contributed by atoms with Gasteiger partial charge in [-0.05, 0) is 12.1 Å². The van der Waals surface area contributed by atoms with Crippen LogP contribution in [0.3, 0.4) is 0 Å². The van der Waals surface area contributed by atoms with Crippen LogP contribution >= 0.6 is 11.3 Å². The first-order valence-electron chi connectivity index (χ1n) is 5.03. The molecule has 80 valence electrons. The van der Waals surface area contributed by atoms with E-state index < -0.39 is 0 Å². The monoisotopic (exact) mass is 231 g/mol. The van der Waals surface area contributed by atoms with Crippen LogP contribution in [0, 0.1) is 0 Å². The summed E-state index contributed by atoms with van der Waals surface area (Å²) in [6.45, 7) is 0. The molecule has 4 heteroatoms. The molecule has 1 unspecified atom stereocenters. The van der Waals surface area contributed by atoms with E-state index >= 15 is 0 Å². The lowest BCUT2D eigenvalue weighted by molar-refractivity contribution is 0.0850. The molecule has 1 aliphatic heterocycles. The molecule has 2 heterocycles. The zero-order valence-electron chi connectivity index (χ0n) is 8.42. The maximum absolute atomic E-state index is 11.9. The Labute approximate surface area is 96.7 Å². The Morgan fingerprint density at radius 3 is 3.06 bits per heavy atom. The smallest absolute Gasteiger partial charge is 0.170 e. The number of hydrogen-bond acceptors (Lipinski definition) is 4. The molecule has 1 aliphatic rings. The minimum Gasteiger partial charge on any atom is -0.482 e. The molecule has 16 heavy (non-hydrogen) atoms. The van der Waals surface area contributed by atoms with Crippen LogP contribution in [0.2, 0.25) is 0 Å². The van der Waals surface area contributed by atoms with Crippen molar-refractivity contribution in [2.75, 3.05) is 0 Å². The number of fused-ring (bicyclic) bond motifs is 1. The highest BCUT2D eigenvalue weighted by Gasteiger charge is 2.28. The zero-order valence-corrected chi connectivity index (χ0v) is 9.24. The van der Waals surface area contributed by atoms with Crippen LogP contribution in [0.4, 0.5) is 0 Å². The van der Waals surface area contributed by atoms with Crippen molar-refractivity contribution in [1.29, 1.82) is 0 Å². The van der Waals surface area contributed by atoms with Crippen LogP contribution in [0.5, 0.6) is 5.75 Å². The fourth-order valence-corrected chi connectivity index (χ4v) is 2.47. The number of ketones is 1. The van der Waals surface area contributed by atoms with E-state index in [0.29, 0.717) is 17.7 Å². The number of rotatable bonds is 1. The largest absolute Gasteiger partial charge is 0.482 e. The number of nitrogens with zero attached hydrogens (tertiary/aromatic N) is 1. The number of aromatic nitrogens is 1. The van der Waals surface area contributed by atoms with Gasteiger partial charge in [-0.15, -0.1) is 11.3 Å². The van der Waals surface area contributed by atoms with Crippen molar-refractivity contribution >= 4 is 17.1 Å². The predicted molar refractivity (Wildman–Crippen MR) is 60.9 cm³/mol. The fourth-order valence-electron chi connectivity index (χ4n) is 1.80. The maximum atomic E-state index is 11.9. The predicted octanol–water partition coefficient (Wildman–Crippen LogP) is 2.85. The molecule has 0 amide bonds. The van der Waals surface area contributed by atoms with Crippen molar-refractivity contribution in [3.05, 3.63) is 46.4 Å². The van der Waals surface area contributed by atoms with Crippen molar-refractivity contribution in [1.82, 2.24) is 4.98 Å². The van der Waals surface area contributed by atoms with Gasteiger partial charge in [-0.2, -0.15) is 0 Å². The van der Waals surface area contributed by atoms with E-state index in [1.54, 1.807) is 12.3 Å². The standard InChI is InChI=1S/C12H9NO2S/c14-9-7-11(12-13-5-6-16-12)15-10-4-2-1-3-8(9)10/h1-6,11H,7H2. The highest BCUT2D eigenvalue weighted by molar-refractivity contribution is 7.09. The summed E-state index contributed by atoms with van der Waals surface area (Å²) in [4.78, 5) is 16.1. The first-order chi connectivity index (χ1) is 7.84. The fraction of sp³-hybridized carbons (Fsp3) is 0.167. The summed E-state index contributed by atoms with van der Waals surface area (Å²) >= 11 is 1.52. The summed E-state index contributed by atoms with van der Waals surface area (Å²) in [5.41, 5.74) is 0.676. The van der Waals surface area contributed by atoms with Gasteiger partial charge in [0.25, 0.3) is 0 Å². The Kier molecular flexibility index (Phi) is 2.22. The van der Waals surface area contributed by atoms with Gasteiger partial charge < -0.3 is 4.74 Å². The number of carbonyl (C=O) groups excluding carboxylic acids is 1. The molecule has 3 nitrogen and oxygen atoms in total. The maximum Gasteiger partial charge on any atom is 0.170 e. The van der Waals surface area contributed by atoms with Gasteiger partial charge in [0.15, 0.2) is 11.9 Å². The number of benzene rings is 1. The van der Waals surface area contributed by atoms with E-state index in [-0.39, 0.29) is 11.9 Å². The topological polar surface area (TPSA) is 39.2 Å². The molecule has 0 spiro atoms. The van der Waals surface area contributed by atoms with E-state index in [4.69, 9.17) is 4.74 Å². The lowest BCUT2D eigenvalue weighted by Gasteiger charge is -2.23. The summed E-state index contributed by atoms with van der Waals surface area (Å²) in [6.07, 6.45) is 1.89. The average Bonchev–Trinajstić information content (AvgIpc) is 2.82. The van der Waals surface area contributed by atoms with E-state index in [1.165, 1.54) is 11.3 Å². The second-order valence-corrected chi connectivity index (χ2v) is 4.53. The van der Waals surface area contributed by atoms with Gasteiger partial charge in [0.2, 0.25) is 0 Å². The lowest BCUT2D eigenvalue weighted by atomic mass is 10.0. The molecule has 1 aromatic carbocycles. The first-order valence-corrected chi connectivity index (χ1v) is 5.91. The van der Waals surface area contributed by atoms with Gasteiger partial charge in [-0.3, -0.25) is 4.79 Å². The van der Waals surface area contributed by atoms with Crippen molar-refractivity contribution in [3.8, 4) is 5.75 Å². The summed E-state index contributed by atoms with van der Waals surface area (Å²) in [5.74, 6) is 0.793.